The predicted octanol–water partition coefficient (Wildman–Crippen LogP) is 4.23. The Labute approximate surface area is 147 Å². The Morgan fingerprint density at radius 1 is 1.04 bits per heavy atom. The average Bonchev–Trinajstić information content (AvgIpc) is 2.64. The fraction of sp³-hybridized carbons (Fsp3) is 0. The lowest BCUT2D eigenvalue weighted by Crippen LogP contribution is -2.12. The molecule has 0 spiro atoms. The van der Waals surface area contributed by atoms with Crippen molar-refractivity contribution in [2.45, 2.75) is 0 Å². The highest BCUT2D eigenvalue weighted by molar-refractivity contribution is 6.04. The van der Waals surface area contributed by atoms with Gasteiger partial charge in [-0.25, -0.2) is 8.78 Å². The Bertz CT molecular complexity index is 1010. The molecule has 0 atom stereocenters. The van der Waals surface area contributed by atoms with E-state index < -0.39 is 17.5 Å². The molecule has 3 rings (SSSR count). The minimum atomic E-state index is -0.756. The SMILES string of the molecule is N#Cc1cccc(NC(=O)c2cncc(Nc3ccc(F)cc3F)c2)c1. The van der Waals surface area contributed by atoms with E-state index in [-0.39, 0.29) is 11.3 Å². The second-order valence-electron chi connectivity index (χ2n) is 5.36. The molecule has 1 heterocycles. The molecule has 0 bridgehead atoms. The standard InChI is InChI=1S/C19H12F2N4O/c20-14-4-5-18(17(21)8-14)24-16-7-13(10-23-11-16)19(26)25-15-3-1-2-12(6-15)9-22/h1-8,10-11,24H,(H,25,26). The average molecular weight is 350 g/mol. The number of carbonyl (C=O) groups is 1. The number of nitrogens with one attached hydrogen (secondary N) is 2. The molecule has 1 aromatic heterocycles. The number of hydrogen-bond acceptors (Lipinski definition) is 4. The summed E-state index contributed by atoms with van der Waals surface area (Å²) in [5, 5.41) is 14.3. The summed E-state index contributed by atoms with van der Waals surface area (Å²) in [6.07, 6.45) is 2.77. The van der Waals surface area contributed by atoms with E-state index in [1.165, 1.54) is 24.5 Å². The highest BCUT2D eigenvalue weighted by Gasteiger charge is 2.10. The summed E-state index contributed by atoms with van der Waals surface area (Å²) in [6, 6.07) is 13.1. The van der Waals surface area contributed by atoms with E-state index in [0.717, 1.165) is 12.1 Å². The maximum atomic E-state index is 13.7. The van der Waals surface area contributed by atoms with Crippen molar-refractivity contribution in [2.75, 3.05) is 10.6 Å². The molecule has 2 aromatic carbocycles. The second-order valence-corrected chi connectivity index (χ2v) is 5.36. The first-order valence-electron chi connectivity index (χ1n) is 7.54. The first-order chi connectivity index (χ1) is 12.5. The molecule has 0 radical (unpaired) electrons. The van der Waals surface area contributed by atoms with Gasteiger partial charge in [0.05, 0.1) is 34.8 Å². The molecular weight excluding hydrogens is 338 g/mol. The summed E-state index contributed by atoms with van der Waals surface area (Å²) in [5.41, 5.74) is 1.56. The molecule has 0 unspecified atom stereocenters. The van der Waals surface area contributed by atoms with E-state index in [1.54, 1.807) is 24.3 Å². The Kier molecular flexibility index (Phi) is 4.85. The first-order valence-corrected chi connectivity index (χ1v) is 7.54. The van der Waals surface area contributed by atoms with Gasteiger partial charge in [-0.1, -0.05) is 6.07 Å². The van der Waals surface area contributed by atoms with Crippen molar-refractivity contribution in [3.05, 3.63) is 83.7 Å². The smallest absolute Gasteiger partial charge is 0.257 e. The van der Waals surface area contributed by atoms with Crippen molar-refractivity contribution < 1.29 is 13.6 Å². The topological polar surface area (TPSA) is 77.8 Å². The number of nitriles is 1. The molecule has 3 aromatic rings. The minimum Gasteiger partial charge on any atom is -0.352 e. The van der Waals surface area contributed by atoms with Crippen LogP contribution in [0.4, 0.5) is 25.8 Å². The largest absolute Gasteiger partial charge is 0.352 e. The van der Waals surface area contributed by atoms with Crippen molar-refractivity contribution in [3.8, 4) is 6.07 Å². The monoisotopic (exact) mass is 350 g/mol. The number of anilines is 3. The normalized spacial score (nSPS) is 10.0. The van der Waals surface area contributed by atoms with Gasteiger partial charge in [0, 0.05) is 18.0 Å². The lowest BCUT2D eigenvalue weighted by Gasteiger charge is -2.09. The third kappa shape index (κ3) is 3.99. The molecule has 1 amide bonds. The van der Waals surface area contributed by atoms with Crippen LogP contribution in [0.5, 0.6) is 0 Å². The van der Waals surface area contributed by atoms with E-state index in [0.29, 0.717) is 16.9 Å². The van der Waals surface area contributed by atoms with Gasteiger partial charge >= 0.3 is 0 Å². The van der Waals surface area contributed by atoms with E-state index in [2.05, 4.69) is 15.6 Å². The molecule has 0 fully saturated rings. The summed E-state index contributed by atoms with van der Waals surface area (Å²) in [4.78, 5) is 16.3. The van der Waals surface area contributed by atoms with Crippen LogP contribution in [0.1, 0.15) is 15.9 Å². The van der Waals surface area contributed by atoms with Crippen molar-refractivity contribution in [1.82, 2.24) is 4.98 Å². The van der Waals surface area contributed by atoms with Gasteiger partial charge in [-0.05, 0) is 36.4 Å². The summed E-state index contributed by atoms with van der Waals surface area (Å²) < 4.78 is 26.7. The molecule has 2 N–H and O–H groups in total. The fourth-order valence-corrected chi connectivity index (χ4v) is 2.25. The van der Waals surface area contributed by atoms with Crippen LogP contribution >= 0.6 is 0 Å². The van der Waals surface area contributed by atoms with Crippen molar-refractivity contribution in [1.29, 1.82) is 5.26 Å². The van der Waals surface area contributed by atoms with Crippen LogP contribution < -0.4 is 10.6 Å². The maximum absolute atomic E-state index is 13.7. The zero-order valence-corrected chi connectivity index (χ0v) is 13.3. The Balaban J connectivity index is 1.78. The van der Waals surface area contributed by atoms with Crippen LogP contribution in [0, 0.1) is 23.0 Å². The van der Waals surface area contributed by atoms with Gasteiger partial charge in [-0.15, -0.1) is 0 Å². The number of carbonyl (C=O) groups excluding carboxylic acids is 1. The van der Waals surface area contributed by atoms with E-state index >= 15 is 0 Å². The summed E-state index contributed by atoms with van der Waals surface area (Å²) >= 11 is 0. The van der Waals surface area contributed by atoms with Gasteiger partial charge in [0.1, 0.15) is 11.6 Å². The number of amides is 1. The molecule has 0 aliphatic heterocycles. The Morgan fingerprint density at radius 2 is 1.88 bits per heavy atom. The van der Waals surface area contributed by atoms with Gasteiger partial charge in [-0.2, -0.15) is 5.26 Å². The quantitative estimate of drug-likeness (QED) is 0.738. The maximum Gasteiger partial charge on any atom is 0.257 e. The van der Waals surface area contributed by atoms with Gasteiger partial charge < -0.3 is 10.6 Å². The molecule has 0 saturated heterocycles. The van der Waals surface area contributed by atoms with Gasteiger partial charge in [0.2, 0.25) is 0 Å². The van der Waals surface area contributed by atoms with E-state index in [1.807, 2.05) is 6.07 Å². The Morgan fingerprint density at radius 3 is 2.65 bits per heavy atom. The van der Waals surface area contributed by atoms with Crippen LogP contribution in [0.15, 0.2) is 60.9 Å². The number of pyridine rings is 1. The minimum absolute atomic E-state index is 0.0625. The highest BCUT2D eigenvalue weighted by Crippen LogP contribution is 2.21. The molecule has 128 valence electrons. The Hall–Kier alpha value is -3.79. The van der Waals surface area contributed by atoms with Crippen molar-refractivity contribution in [3.63, 3.8) is 0 Å². The highest BCUT2D eigenvalue weighted by atomic mass is 19.1. The number of rotatable bonds is 4. The zero-order chi connectivity index (χ0) is 18.5. The molecule has 5 nitrogen and oxygen atoms in total. The van der Waals surface area contributed by atoms with Crippen LogP contribution in [0.3, 0.4) is 0 Å². The van der Waals surface area contributed by atoms with Crippen LogP contribution in [-0.4, -0.2) is 10.9 Å². The van der Waals surface area contributed by atoms with Crippen LogP contribution in [-0.2, 0) is 0 Å². The van der Waals surface area contributed by atoms with Crippen LogP contribution in [0.2, 0.25) is 0 Å². The predicted molar refractivity (Wildman–Crippen MR) is 93.0 cm³/mol. The van der Waals surface area contributed by atoms with Crippen LogP contribution in [0.25, 0.3) is 0 Å². The van der Waals surface area contributed by atoms with Crippen molar-refractivity contribution >= 4 is 23.0 Å². The second kappa shape index (κ2) is 7.40. The number of aromatic nitrogens is 1. The zero-order valence-electron chi connectivity index (χ0n) is 13.3. The summed E-state index contributed by atoms with van der Waals surface area (Å²) in [5.74, 6) is -1.87. The molecule has 0 aliphatic rings. The number of halogens is 2. The van der Waals surface area contributed by atoms with Gasteiger partial charge in [0.15, 0.2) is 0 Å². The molecule has 7 heteroatoms. The van der Waals surface area contributed by atoms with E-state index in [4.69, 9.17) is 5.26 Å². The first kappa shape index (κ1) is 17.0. The molecule has 0 saturated carbocycles. The number of hydrogen-bond donors (Lipinski definition) is 2. The lowest BCUT2D eigenvalue weighted by atomic mass is 10.2. The van der Waals surface area contributed by atoms with E-state index in [9.17, 15) is 13.6 Å². The summed E-state index contributed by atoms with van der Waals surface area (Å²) in [6.45, 7) is 0. The third-order valence-electron chi connectivity index (χ3n) is 3.46. The third-order valence-corrected chi connectivity index (χ3v) is 3.46. The lowest BCUT2D eigenvalue weighted by molar-refractivity contribution is 0.102. The molecule has 26 heavy (non-hydrogen) atoms. The van der Waals surface area contributed by atoms with Gasteiger partial charge in [-0.3, -0.25) is 9.78 Å². The molecular formula is C19H12F2N4O. The fourth-order valence-electron chi connectivity index (χ4n) is 2.25. The van der Waals surface area contributed by atoms with Gasteiger partial charge in [0.25, 0.3) is 5.91 Å². The van der Waals surface area contributed by atoms with Crippen molar-refractivity contribution in [2.24, 2.45) is 0 Å². The number of nitrogens with zero attached hydrogens (tertiary/aromatic N) is 2. The number of benzene rings is 2. The molecule has 0 aliphatic carbocycles. The summed E-state index contributed by atoms with van der Waals surface area (Å²) in [7, 11) is 0.